The molecule has 2 atom stereocenters. The van der Waals surface area contributed by atoms with Crippen LogP contribution in [0.4, 0.5) is 0 Å². The van der Waals surface area contributed by atoms with Crippen molar-refractivity contribution in [3.05, 3.63) is 0 Å². The number of nitrogens with two attached hydrogens (primary N) is 1. The summed E-state index contributed by atoms with van der Waals surface area (Å²) in [4.78, 5) is 22.2. The molecule has 0 aromatic heterocycles. The molecule has 0 aliphatic heterocycles. The van der Waals surface area contributed by atoms with Crippen LogP contribution in [0, 0.1) is 23.7 Å². The Hall–Kier alpha value is -0.400. The number of aliphatic carboxylic acids is 1. The summed E-state index contributed by atoms with van der Waals surface area (Å²) in [5.41, 5.74) is 6.62. The van der Waals surface area contributed by atoms with Crippen molar-refractivity contribution in [2.75, 3.05) is 11.5 Å². The van der Waals surface area contributed by atoms with E-state index in [1.807, 2.05) is 13.8 Å². The van der Waals surface area contributed by atoms with E-state index in [0.29, 0.717) is 16.5 Å². The maximum absolute atomic E-state index is 11.4. The summed E-state index contributed by atoms with van der Waals surface area (Å²) < 4.78 is 4.91. The molecule has 7 heteroatoms. The Morgan fingerprint density at radius 1 is 1.15 bits per heavy atom. The number of thiol groups is 1. The number of ether oxygens (including phenoxy) is 1. The molecule has 156 valence electrons. The van der Waals surface area contributed by atoms with Crippen LogP contribution in [0.2, 0.25) is 0 Å². The van der Waals surface area contributed by atoms with Crippen molar-refractivity contribution in [2.24, 2.45) is 29.4 Å². The molecule has 0 unspecified atom stereocenters. The van der Waals surface area contributed by atoms with E-state index in [9.17, 15) is 9.59 Å². The van der Waals surface area contributed by atoms with E-state index < -0.39 is 18.0 Å². The maximum atomic E-state index is 11.4. The Labute approximate surface area is 173 Å². The lowest BCUT2D eigenvalue weighted by Crippen LogP contribution is -2.55. The van der Waals surface area contributed by atoms with E-state index in [1.165, 1.54) is 50.3 Å². The molecule has 0 spiro atoms. The van der Waals surface area contributed by atoms with Gasteiger partial charge in [0.25, 0.3) is 0 Å². The molecule has 5 nitrogen and oxygen atoms in total. The molecule has 4 saturated carbocycles. The van der Waals surface area contributed by atoms with E-state index >= 15 is 0 Å². The molecule has 0 amide bonds. The van der Waals surface area contributed by atoms with Crippen molar-refractivity contribution in [3.8, 4) is 0 Å². The zero-order valence-corrected chi connectivity index (χ0v) is 18.4. The minimum atomic E-state index is -1.10. The fraction of sp³-hybridized carbons (Fsp3) is 0.900. The second kappa shape index (κ2) is 9.88. The number of carbonyl (C=O) groups is 2. The molecule has 0 saturated heterocycles. The molecule has 4 bridgehead atoms. The van der Waals surface area contributed by atoms with Gasteiger partial charge in [0.15, 0.2) is 0 Å². The standard InChI is InChI=1S/C10H17N.C10H18O4S2/c11-10-4-7-1-8(5-10)3-9(2-7)6-10;1-6(2)16-5-8(9(11)12)14-10(13)7(3)4-15/h7-9H,1-6,11H2;6-8,15H,4-5H2,1-3H3,(H,11,12)/t;7-,8+/m.1/s1. The fourth-order valence-electron chi connectivity index (χ4n) is 4.94. The summed E-state index contributed by atoms with van der Waals surface area (Å²) >= 11 is 5.41. The second-order valence-electron chi connectivity index (χ2n) is 9.01. The Balaban J connectivity index is 0.000000203. The van der Waals surface area contributed by atoms with Crippen molar-refractivity contribution in [1.29, 1.82) is 0 Å². The molecular formula is C20H35NO4S2. The number of carboxylic acid groups (broad SMARTS) is 1. The molecule has 4 aliphatic rings. The minimum absolute atomic E-state index is 0.276. The quantitative estimate of drug-likeness (QED) is 0.433. The van der Waals surface area contributed by atoms with Crippen molar-refractivity contribution >= 4 is 36.3 Å². The van der Waals surface area contributed by atoms with E-state index in [-0.39, 0.29) is 11.7 Å². The first-order valence-corrected chi connectivity index (χ1v) is 11.7. The van der Waals surface area contributed by atoms with Gasteiger partial charge in [-0.2, -0.15) is 24.4 Å². The van der Waals surface area contributed by atoms with Crippen LogP contribution in [0.15, 0.2) is 0 Å². The van der Waals surface area contributed by atoms with E-state index in [1.54, 1.807) is 6.92 Å². The third-order valence-electron chi connectivity index (χ3n) is 5.88. The van der Waals surface area contributed by atoms with Crippen molar-refractivity contribution < 1.29 is 19.4 Å². The first-order valence-electron chi connectivity index (χ1n) is 10.1. The summed E-state index contributed by atoms with van der Waals surface area (Å²) in [6.07, 6.45) is 7.50. The van der Waals surface area contributed by atoms with Gasteiger partial charge in [0.05, 0.1) is 5.92 Å². The largest absolute Gasteiger partial charge is 0.478 e. The van der Waals surface area contributed by atoms with Crippen LogP contribution in [-0.2, 0) is 14.3 Å². The number of esters is 1. The lowest BCUT2D eigenvalue weighted by molar-refractivity contribution is -0.164. The molecule has 0 aromatic rings. The molecule has 27 heavy (non-hydrogen) atoms. The highest BCUT2D eigenvalue weighted by atomic mass is 32.2. The van der Waals surface area contributed by atoms with Crippen molar-refractivity contribution in [1.82, 2.24) is 0 Å². The van der Waals surface area contributed by atoms with E-state index in [2.05, 4.69) is 12.6 Å². The summed E-state index contributed by atoms with van der Waals surface area (Å²) in [5.74, 6) is 1.69. The Morgan fingerprint density at radius 3 is 1.96 bits per heavy atom. The average molecular weight is 418 g/mol. The molecular weight excluding hydrogens is 382 g/mol. The SMILES string of the molecule is CC(C)SC[C@H](OC(=O)[C@H](C)CS)C(=O)O.NC12CC3CC(CC(C3)C1)C2. The molecule has 0 radical (unpaired) electrons. The van der Waals surface area contributed by atoms with Gasteiger partial charge in [-0.25, -0.2) is 4.79 Å². The average Bonchev–Trinajstić information content (AvgIpc) is 2.55. The van der Waals surface area contributed by atoms with Crippen LogP contribution in [0.25, 0.3) is 0 Å². The Morgan fingerprint density at radius 2 is 1.63 bits per heavy atom. The molecule has 4 aliphatic carbocycles. The summed E-state index contributed by atoms with van der Waals surface area (Å²) in [6.45, 7) is 5.58. The van der Waals surface area contributed by atoms with Gasteiger partial charge in [-0.05, 0) is 61.5 Å². The molecule has 4 rings (SSSR count). The second-order valence-corrected chi connectivity index (χ2v) is 11.0. The van der Waals surface area contributed by atoms with Crippen molar-refractivity contribution in [2.45, 2.75) is 76.2 Å². The van der Waals surface area contributed by atoms with Crippen LogP contribution in [0.1, 0.15) is 59.3 Å². The molecule has 3 N–H and O–H groups in total. The maximum Gasteiger partial charge on any atom is 0.345 e. The third kappa shape index (κ3) is 6.86. The smallest absolute Gasteiger partial charge is 0.345 e. The van der Waals surface area contributed by atoms with Gasteiger partial charge in [-0.1, -0.05) is 20.8 Å². The molecule has 4 fully saturated rings. The normalized spacial score (nSPS) is 33.2. The van der Waals surface area contributed by atoms with Gasteiger partial charge >= 0.3 is 11.9 Å². The van der Waals surface area contributed by atoms with Crippen LogP contribution < -0.4 is 5.73 Å². The highest BCUT2D eigenvalue weighted by Gasteiger charge is 2.48. The van der Waals surface area contributed by atoms with Gasteiger partial charge in [-0.15, -0.1) is 0 Å². The number of hydrogen-bond acceptors (Lipinski definition) is 6. The van der Waals surface area contributed by atoms with Crippen LogP contribution in [0.3, 0.4) is 0 Å². The first-order chi connectivity index (χ1) is 12.6. The minimum Gasteiger partial charge on any atom is -0.478 e. The number of hydrogen-bond donors (Lipinski definition) is 3. The highest BCUT2D eigenvalue weighted by Crippen LogP contribution is 2.54. The fourth-order valence-corrected chi connectivity index (χ4v) is 5.86. The monoisotopic (exact) mass is 417 g/mol. The topological polar surface area (TPSA) is 89.6 Å². The van der Waals surface area contributed by atoms with Gasteiger partial charge < -0.3 is 15.6 Å². The summed E-state index contributed by atoms with van der Waals surface area (Å²) in [6, 6.07) is 0. The van der Waals surface area contributed by atoms with Crippen molar-refractivity contribution in [3.63, 3.8) is 0 Å². The predicted octanol–water partition coefficient (Wildman–Crippen LogP) is 3.60. The highest BCUT2D eigenvalue weighted by molar-refractivity contribution is 7.99. The number of thioether (sulfide) groups is 1. The number of rotatable bonds is 7. The molecule has 0 aromatic carbocycles. The lowest BCUT2D eigenvalue weighted by Gasteiger charge is -2.55. The van der Waals surface area contributed by atoms with Gasteiger partial charge in [0.2, 0.25) is 6.10 Å². The zero-order valence-electron chi connectivity index (χ0n) is 16.7. The Kier molecular flexibility index (Phi) is 8.37. The van der Waals surface area contributed by atoms with Gasteiger partial charge in [-0.3, -0.25) is 4.79 Å². The van der Waals surface area contributed by atoms with Crippen LogP contribution >= 0.6 is 24.4 Å². The van der Waals surface area contributed by atoms with E-state index in [4.69, 9.17) is 15.6 Å². The number of carboxylic acids is 1. The third-order valence-corrected chi connectivity index (χ3v) is 7.59. The van der Waals surface area contributed by atoms with Gasteiger partial charge in [0.1, 0.15) is 0 Å². The Bertz CT molecular complexity index is 491. The first kappa shape index (κ1) is 22.9. The van der Waals surface area contributed by atoms with Crippen LogP contribution in [-0.4, -0.2) is 45.4 Å². The molecule has 0 heterocycles. The predicted molar refractivity (Wildman–Crippen MR) is 113 cm³/mol. The van der Waals surface area contributed by atoms with Crippen LogP contribution in [0.5, 0.6) is 0 Å². The van der Waals surface area contributed by atoms with E-state index in [0.717, 1.165) is 17.8 Å². The summed E-state index contributed by atoms with van der Waals surface area (Å²) in [5, 5.41) is 9.19. The number of carbonyl (C=O) groups excluding carboxylic acids is 1. The summed E-state index contributed by atoms with van der Waals surface area (Å²) in [7, 11) is 0. The van der Waals surface area contributed by atoms with Gasteiger partial charge in [0, 0.05) is 17.0 Å². The zero-order chi connectivity index (χ0) is 20.2. The lowest BCUT2D eigenvalue weighted by atomic mass is 9.53.